The van der Waals surface area contributed by atoms with Crippen molar-refractivity contribution in [1.29, 1.82) is 0 Å². The maximum absolute atomic E-state index is 12.6. The molecule has 24 heavy (non-hydrogen) atoms. The Morgan fingerprint density at radius 1 is 1.21 bits per heavy atom. The van der Waals surface area contributed by atoms with Gasteiger partial charge < -0.3 is 14.0 Å². The minimum Gasteiger partial charge on any atom is -0.347 e. The predicted molar refractivity (Wildman–Crippen MR) is 88.4 cm³/mol. The van der Waals surface area contributed by atoms with Gasteiger partial charge in [0, 0.05) is 31.9 Å². The summed E-state index contributed by atoms with van der Waals surface area (Å²) in [5.41, 5.74) is 1.63. The molecule has 1 amide bonds. The van der Waals surface area contributed by atoms with Crippen molar-refractivity contribution in [3.05, 3.63) is 60.2 Å². The van der Waals surface area contributed by atoms with Gasteiger partial charge in [0.05, 0.1) is 5.92 Å². The summed E-state index contributed by atoms with van der Waals surface area (Å²) in [6.07, 6.45) is 2.72. The first-order valence-electron chi connectivity index (χ1n) is 8.02. The largest absolute Gasteiger partial charge is 0.347 e. The van der Waals surface area contributed by atoms with Gasteiger partial charge >= 0.3 is 0 Å². The van der Waals surface area contributed by atoms with E-state index in [1.165, 1.54) is 0 Å². The van der Waals surface area contributed by atoms with Crippen molar-refractivity contribution in [3.63, 3.8) is 0 Å². The van der Waals surface area contributed by atoms with Crippen molar-refractivity contribution >= 4 is 5.91 Å². The van der Waals surface area contributed by atoms with Crippen molar-refractivity contribution < 1.29 is 9.32 Å². The third kappa shape index (κ3) is 2.60. The molecule has 0 radical (unpaired) electrons. The molecule has 1 fully saturated rings. The van der Waals surface area contributed by atoms with E-state index in [9.17, 15) is 4.79 Å². The molecule has 6 nitrogen and oxygen atoms in total. The zero-order valence-corrected chi connectivity index (χ0v) is 13.4. The van der Waals surface area contributed by atoms with E-state index < -0.39 is 0 Å². The van der Waals surface area contributed by atoms with E-state index in [-0.39, 0.29) is 11.8 Å². The highest BCUT2D eigenvalue weighted by atomic mass is 16.5. The Hall–Kier alpha value is -2.89. The maximum Gasteiger partial charge on any atom is 0.270 e. The van der Waals surface area contributed by atoms with Crippen LogP contribution in [-0.4, -0.2) is 38.6 Å². The Morgan fingerprint density at radius 2 is 2.04 bits per heavy atom. The van der Waals surface area contributed by atoms with E-state index in [2.05, 4.69) is 10.1 Å². The molecule has 6 heteroatoms. The summed E-state index contributed by atoms with van der Waals surface area (Å²) >= 11 is 0. The number of likely N-dealkylation sites (tertiary alicyclic amines) is 1. The molecule has 3 heterocycles. The molecule has 122 valence electrons. The second kappa shape index (κ2) is 5.96. The minimum absolute atomic E-state index is 0.0489. The van der Waals surface area contributed by atoms with Crippen molar-refractivity contribution in [2.75, 3.05) is 13.1 Å². The maximum atomic E-state index is 12.6. The van der Waals surface area contributed by atoms with Crippen LogP contribution in [0.5, 0.6) is 0 Å². The summed E-state index contributed by atoms with van der Waals surface area (Å²) in [6.45, 7) is 1.32. The van der Waals surface area contributed by atoms with Crippen LogP contribution in [0.15, 0.2) is 53.2 Å². The molecule has 0 aliphatic carbocycles. The van der Waals surface area contributed by atoms with Crippen LogP contribution in [0.1, 0.15) is 28.7 Å². The molecule has 1 aliphatic heterocycles. The van der Waals surface area contributed by atoms with Gasteiger partial charge in [0.1, 0.15) is 5.69 Å². The van der Waals surface area contributed by atoms with Crippen molar-refractivity contribution in [1.82, 2.24) is 19.6 Å². The SMILES string of the molecule is Cn1cccc1C(=O)N1CCC(c2nc(-c3ccccc3)no2)C1. The molecule has 0 bridgehead atoms. The molecule has 1 saturated heterocycles. The zero-order valence-electron chi connectivity index (χ0n) is 13.4. The van der Waals surface area contributed by atoms with Gasteiger partial charge in [-0.15, -0.1) is 0 Å². The van der Waals surface area contributed by atoms with Crippen LogP contribution < -0.4 is 0 Å². The van der Waals surface area contributed by atoms with Gasteiger partial charge in [0.25, 0.3) is 5.91 Å². The average Bonchev–Trinajstić information content (AvgIpc) is 3.35. The Balaban J connectivity index is 1.49. The van der Waals surface area contributed by atoms with Crippen LogP contribution in [0.25, 0.3) is 11.4 Å². The van der Waals surface area contributed by atoms with Crippen LogP contribution in [0, 0.1) is 0 Å². The number of amides is 1. The highest BCUT2D eigenvalue weighted by Crippen LogP contribution is 2.28. The van der Waals surface area contributed by atoms with Crippen LogP contribution in [0.3, 0.4) is 0 Å². The van der Waals surface area contributed by atoms with Gasteiger partial charge in [-0.1, -0.05) is 35.5 Å². The lowest BCUT2D eigenvalue weighted by molar-refractivity contribution is 0.0780. The van der Waals surface area contributed by atoms with E-state index in [0.29, 0.717) is 30.5 Å². The molecular weight excluding hydrogens is 304 g/mol. The third-order valence-electron chi connectivity index (χ3n) is 4.46. The monoisotopic (exact) mass is 322 g/mol. The van der Waals surface area contributed by atoms with Crippen molar-refractivity contribution in [2.24, 2.45) is 7.05 Å². The Bertz CT molecular complexity index is 853. The van der Waals surface area contributed by atoms with Gasteiger partial charge in [-0.2, -0.15) is 4.98 Å². The fourth-order valence-electron chi connectivity index (χ4n) is 3.10. The predicted octanol–water partition coefficient (Wildman–Crippen LogP) is 2.70. The molecule has 0 spiro atoms. The fourth-order valence-corrected chi connectivity index (χ4v) is 3.10. The molecule has 1 aromatic carbocycles. The number of aromatic nitrogens is 3. The molecule has 4 rings (SSSR count). The Labute approximate surface area is 139 Å². The number of carbonyl (C=O) groups excluding carboxylic acids is 1. The van der Waals surface area contributed by atoms with Gasteiger partial charge in [0.15, 0.2) is 0 Å². The molecular formula is C18H18N4O2. The summed E-state index contributed by atoms with van der Waals surface area (Å²) in [5, 5.41) is 4.07. The molecule has 3 aromatic rings. The van der Waals surface area contributed by atoms with Crippen LogP contribution >= 0.6 is 0 Å². The summed E-state index contributed by atoms with van der Waals surface area (Å²) in [4.78, 5) is 18.9. The smallest absolute Gasteiger partial charge is 0.270 e. The van der Waals surface area contributed by atoms with Crippen LogP contribution in [0.4, 0.5) is 0 Å². The number of aryl methyl sites for hydroxylation is 1. The van der Waals surface area contributed by atoms with E-state index >= 15 is 0 Å². The lowest BCUT2D eigenvalue weighted by Crippen LogP contribution is -2.29. The van der Waals surface area contributed by atoms with Crippen molar-refractivity contribution in [2.45, 2.75) is 12.3 Å². The highest BCUT2D eigenvalue weighted by molar-refractivity contribution is 5.93. The second-order valence-corrected chi connectivity index (χ2v) is 6.06. The summed E-state index contributed by atoms with van der Waals surface area (Å²) < 4.78 is 7.28. The number of benzene rings is 1. The minimum atomic E-state index is 0.0489. The zero-order chi connectivity index (χ0) is 16.5. The Morgan fingerprint density at radius 3 is 2.79 bits per heavy atom. The number of hydrogen-bond donors (Lipinski definition) is 0. The van der Waals surface area contributed by atoms with Gasteiger partial charge in [0.2, 0.25) is 11.7 Å². The van der Waals surface area contributed by atoms with Crippen molar-refractivity contribution in [3.8, 4) is 11.4 Å². The standard InChI is InChI=1S/C18H18N4O2/c1-21-10-5-8-15(21)18(23)22-11-9-14(12-22)17-19-16(20-24-17)13-6-3-2-4-7-13/h2-8,10,14H,9,11-12H2,1H3. The lowest BCUT2D eigenvalue weighted by atomic mass is 10.1. The fraction of sp³-hybridized carbons (Fsp3) is 0.278. The third-order valence-corrected chi connectivity index (χ3v) is 4.46. The van der Waals surface area contributed by atoms with Crippen LogP contribution in [0.2, 0.25) is 0 Å². The molecule has 0 saturated carbocycles. The first kappa shape index (κ1) is 14.7. The van der Waals surface area contributed by atoms with Gasteiger partial charge in [-0.05, 0) is 18.6 Å². The topological polar surface area (TPSA) is 64.2 Å². The summed E-state index contributed by atoms with van der Waals surface area (Å²) in [5.74, 6) is 1.35. The molecule has 1 unspecified atom stereocenters. The van der Waals surface area contributed by atoms with E-state index in [4.69, 9.17) is 4.52 Å². The van der Waals surface area contributed by atoms with E-state index in [1.54, 1.807) is 0 Å². The summed E-state index contributed by atoms with van der Waals surface area (Å²) in [6, 6.07) is 13.5. The number of hydrogen-bond acceptors (Lipinski definition) is 4. The van der Waals surface area contributed by atoms with Gasteiger partial charge in [-0.25, -0.2) is 0 Å². The quantitative estimate of drug-likeness (QED) is 0.744. The first-order valence-corrected chi connectivity index (χ1v) is 8.02. The Kier molecular flexibility index (Phi) is 3.65. The molecule has 2 aromatic heterocycles. The van der Waals surface area contributed by atoms with Gasteiger partial charge in [-0.3, -0.25) is 4.79 Å². The molecule has 1 atom stereocenters. The second-order valence-electron chi connectivity index (χ2n) is 6.06. The highest BCUT2D eigenvalue weighted by Gasteiger charge is 2.32. The van der Waals surface area contributed by atoms with Crippen LogP contribution in [-0.2, 0) is 7.05 Å². The lowest BCUT2D eigenvalue weighted by Gasteiger charge is -2.16. The number of nitrogens with zero attached hydrogens (tertiary/aromatic N) is 4. The van der Waals surface area contributed by atoms with E-state index in [1.807, 2.05) is 65.2 Å². The normalized spacial score (nSPS) is 17.4. The first-order chi connectivity index (χ1) is 11.7. The van der Waals surface area contributed by atoms with E-state index in [0.717, 1.165) is 12.0 Å². The molecule has 0 N–H and O–H groups in total. The number of carbonyl (C=O) groups is 1. The average molecular weight is 322 g/mol. The number of rotatable bonds is 3. The summed E-state index contributed by atoms with van der Waals surface area (Å²) in [7, 11) is 1.88. The molecule has 1 aliphatic rings.